The molecule has 1 fully saturated rings. The number of piperidine rings is 1. The molecular formula is C27H35N7O4S. The minimum absolute atomic E-state index is 0.0523. The first-order chi connectivity index (χ1) is 18.6. The Morgan fingerprint density at radius 2 is 1.97 bits per heavy atom. The van der Waals surface area contributed by atoms with Gasteiger partial charge in [-0.15, -0.1) is 0 Å². The highest BCUT2D eigenvalue weighted by Crippen LogP contribution is 2.31. The summed E-state index contributed by atoms with van der Waals surface area (Å²) in [4.78, 5) is 45.0. The molecule has 4 rings (SSSR count). The van der Waals surface area contributed by atoms with Crippen molar-refractivity contribution in [2.75, 3.05) is 19.0 Å². The summed E-state index contributed by atoms with van der Waals surface area (Å²) in [6.07, 6.45) is 5.97. The standard InChI is InChI=1S/C27H35N7O4S/c1-17-12-22(33-25-29-15-21(39-25)24(35)37-5)32-23(31-17)20-8-6-7-11-34(20)16-19-10-9-18(13-28-19)14-30-26(36)38-27(2,3)4/h9-10,12-13,15,20H,6-8,11,14,16H2,1-5H3,(H,30,36)(H,29,31,32,33). The molecule has 1 aliphatic rings. The number of pyridine rings is 1. The Morgan fingerprint density at radius 1 is 1.15 bits per heavy atom. The Bertz CT molecular complexity index is 1290. The van der Waals surface area contributed by atoms with Gasteiger partial charge < -0.3 is 20.1 Å². The van der Waals surface area contributed by atoms with Crippen molar-refractivity contribution in [1.82, 2.24) is 30.2 Å². The van der Waals surface area contributed by atoms with E-state index in [4.69, 9.17) is 19.4 Å². The normalized spacial score (nSPS) is 16.0. The number of nitrogens with zero attached hydrogens (tertiary/aromatic N) is 5. The van der Waals surface area contributed by atoms with Gasteiger partial charge in [-0.2, -0.15) is 0 Å². The molecule has 0 aromatic carbocycles. The SMILES string of the molecule is COC(=O)c1cnc(Nc2cc(C)nc(C3CCCCN3Cc3ccc(CNC(=O)OC(C)(C)C)cn3)n2)s1. The number of ether oxygens (including phenoxy) is 2. The molecule has 1 aliphatic heterocycles. The largest absolute Gasteiger partial charge is 0.465 e. The molecule has 1 atom stereocenters. The van der Waals surface area contributed by atoms with Gasteiger partial charge in [0.1, 0.15) is 22.1 Å². The molecule has 3 aromatic heterocycles. The Hall–Kier alpha value is -3.64. The summed E-state index contributed by atoms with van der Waals surface area (Å²) >= 11 is 1.21. The van der Waals surface area contributed by atoms with E-state index in [1.54, 1.807) is 6.20 Å². The van der Waals surface area contributed by atoms with E-state index in [2.05, 4.69) is 25.5 Å². The number of thiazole rings is 1. The zero-order valence-electron chi connectivity index (χ0n) is 23.0. The molecule has 1 amide bonds. The molecule has 0 bridgehead atoms. The number of nitrogens with one attached hydrogen (secondary N) is 2. The van der Waals surface area contributed by atoms with Crippen LogP contribution < -0.4 is 10.6 Å². The first kappa shape index (κ1) is 28.4. The molecule has 1 unspecified atom stereocenters. The maximum absolute atomic E-state index is 11.9. The van der Waals surface area contributed by atoms with Crippen LogP contribution in [-0.2, 0) is 22.6 Å². The number of esters is 1. The highest BCUT2D eigenvalue weighted by atomic mass is 32.1. The maximum atomic E-state index is 11.9. The molecule has 4 heterocycles. The average Bonchev–Trinajstić information content (AvgIpc) is 3.35. The van der Waals surface area contributed by atoms with Gasteiger partial charge in [0.05, 0.1) is 25.0 Å². The molecular weight excluding hydrogens is 518 g/mol. The smallest absolute Gasteiger partial charge is 0.407 e. The van der Waals surface area contributed by atoms with Gasteiger partial charge in [-0.25, -0.2) is 24.5 Å². The van der Waals surface area contributed by atoms with Crippen LogP contribution in [0.1, 0.15) is 78.5 Å². The van der Waals surface area contributed by atoms with E-state index in [0.717, 1.165) is 48.6 Å². The molecule has 1 saturated heterocycles. The highest BCUT2D eigenvalue weighted by molar-refractivity contribution is 7.17. The van der Waals surface area contributed by atoms with Crippen molar-refractivity contribution in [2.24, 2.45) is 0 Å². The fourth-order valence-electron chi connectivity index (χ4n) is 4.26. The van der Waals surface area contributed by atoms with E-state index in [9.17, 15) is 9.59 Å². The quantitative estimate of drug-likeness (QED) is 0.371. The van der Waals surface area contributed by atoms with Gasteiger partial charge in [-0.05, 0) is 58.7 Å². The number of anilines is 2. The molecule has 0 radical (unpaired) electrons. The maximum Gasteiger partial charge on any atom is 0.407 e. The second kappa shape index (κ2) is 12.5. The summed E-state index contributed by atoms with van der Waals surface area (Å²) in [7, 11) is 1.35. The predicted octanol–water partition coefficient (Wildman–Crippen LogP) is 4.92. The lowest BCUT2D eigenvalue weighted by atomic mass is 10.0. The summed E-state index contributed by atoms with van der Waals surface area (Å²) in [5.41, 5.74) is 2.14. The van der Waals surface area contributed by atoms with Crippen LogP contribution in [0.4, 0.5) is 15.7 Å². The van der Waals surface area contributed by atoms with Crippen molar-refractivity contribution in [1.29, 1.82) is 0 Å². The van der Waals surface area contributed by atoms with Gasteiger partial charge in [0.25, 0.3) is 0 Å². The topological polar surface area (TPSA) is 131 Å². The first-order valence-corrected chi connectivity index (χ1v) is 13.7. The number of alkyl carbamates (subject to hydrolysis) is 1. The number of rotatable bonds is 8. The Kier molecular flexibility index (Phi) is 9.08. The molecule has 0 saturated carbocycles. The second-order valence-electron chi connectivity index (χ2n) is 10.4. The van der Waals surface area contributed by atoms with Crippen LogP contribution in [0.5, 0.6) is 0 Å². The van der Waals surface area contributed by atoms with Crippen molar-refractivity contribution in [3.05, 3.63) is 58.2 Å². The van der Waals surface area contributed by atoms with Crippen molar-refractivity contribution >= 4 is 34.3 Å². The van der Waals surface area contributed by atoms with Crippen LogP contribution >= 0.6 is 11.3 Å². The lowest BCUT2D eigenvalue weighted by Crippen LogP contribution is -2.34. The number of aryl methyl sites for hydroxylation is 1. The summed E-state index contributed by atoms with van der Waals surface area (Å²) in [5.74, 6) is 0.966. The molecule has 0 aliphatic carbocycles. The van der Waals surface area contributed by atoms with Gasteiger partial charge in [-0.3, -0.25) is 9.88 Å². The summed E-state index contributed by atoms with van der Waals surface area (Å²) < 4.78 is 10.1. The highest BCUT2D eigenvalue weighted by Gasteiger charge is 2.27. The third-order valence-corrected chi connectivity index (χ3v) is 6.89. The minimum Gasteiger partial charge on any atom is -0.465 e. The van der Waals surface area contributed by atoms with E-state index in [1.807, 2.05) is 45.9 Å². The fraction of sp³-hybridized carbons (Fsp3) is 0.481. The van der Waals surface area contributed by atoms with Crippen molar-refractivity contribution in [2.45, 2.75) is 71.7 Å². The van der Waals surface area contributed by atoms with E-state index in [0.29, 0.717) is 28.9 Å². The van der Waals surface area contributed by atoms with Crippen molar-refractivity contribution in [3.8, 4) is 0 Å². The summed E-state index contributed by atoms with van der Waals surface area (Å²) in [6, 6.07) is 5.88. The molecule has 2 N–H and O–H groups in total. The van der Waals surface area contributed by atoms with Crippen molar-refractivity contribution < 1.29 is 19.1 Å². The lowest BCUT2D eigenvalue weighted by molar-refractivity contribution is 0.0522. The van der Waals surface area contributed by atoms with E-state index in [1.165, 1.54) is 24.6 Å². The number of aromatic nitrogens is 4. The van der Waals surface area contributed by atoms with Crippen LogP contribution in [0.2, 0.25) is 0 Å². The molecule has 0 spiro atoms. The fourth-order valence-corrected chi connectivity index (χ4v) is 5.00. The monoisotopic (exact) mass is 553 g/mol. The Balaban J connectivity index is 1.42. The molecule has 11 nitrogen and oxygen atoms in total. The molecule has 208 valence electrons. The van der Waals surface area contributed by atoms with Gasteiger partial charge in [0.15, 0.2) is 5.13 Å². The zero-order valence-corrected chi connectivity index (χ0v) is 23.8. The van der Waals surface area contributed by atoms with E-state index < -0.39 is 17.7 Å². The number of carbonyl (C=O) groups excluding carboxylic acids is 2. The Morgan fingerprint density at radius 3 is 2.69 bits per heavy atom. The van der Waals surface area contributed by atoms with Gasteiger partial charge >= 0.3 is 12.1 Å². The predicted molar refractivity (Wildman–Crippen MR) is 148 cm³/mol. The van der Waals surface area contributed by atoms with Crippen LogP contribution in [0.15, 0.2) is 30.6 Å². The van der Waals surface area contributed by atoms with Crippen LogP contribution in [0, 0.1) is 6.92 Å². The Labute approximate surface area is 232 Å². The van der Waals surface area contributed by atoms with Gasteiger partial charge in [-0.1, -0.05) is 23.8 Å². The minimum atomic E-state index is -0.538. The third kappa shape index (κ3) is 8.17. The van der Waals surface area contributed by atoms with Crippen LogP contribution in [0.25, 0.3) is 0 Å². The van der Waals surface area contributed by atoms with Crippen molar-refractivity contribution in [3.63, 3.8) is 0 Å². The van der Waals surface area contributed by atoms with Crippen LogP contribution in [0.3, 0.4) is 0 Å². The van der Waals surface area contributed by atoms with E-state index in [-0.39, 0.29) is 6.04 Å². The average molecular weight is 554 g/mol. The summed E-state index contributed by atoms with van der Waals surface area (Å²) in [6.45, 7) is 9.37. The zero-order chi connectivity index (χ0) is 28.0. The van der Waals surface area contributed by atoms with Gasteiger partial charge in [0.2, 0.25) is 0 Å². The third-order valence-electron chi connectivity index (χ3n) is 6.00. The van der Waals surface area contributed by atoms with Gasteiger partial charge in [0, 0.05) is 31.0 Å². The first-order valence-electron chi connectivity index (χ1n) is 12.9. The lowest BCUT2D eigenvalue weighted by Gasteiger charge is -2.34. The number of carbonyl (C=O) groups is 2. The number of methoxy groups -OCH3 is 1. The summed E-state index contributed by atoms with van der Waals surface area (Å²) in [5, 5.41) is 6.53. The number of hydrogen-bond acceptors (Lipinski definition) is 11. The molecule has 3 aromatic rings. The number of hydrogen-bond donors (Lipinski definition) is 2. The second-order valence-corrected chi connectivity index (χ2v) is 11.4. The molecule has 12 heteroatoms. The number of likely N-dealkylation sites (tertiary alicyclic amines) is 1. The van der Waals surface area contributed by atoms with Crippen LogP contribution in [-0.4, -0.2) is 56.2 Å². The number of amides is 1. The molecule has 39 heavy (non-hydrogen) atoms. The van der Waals surface area contributed by atoms with E-state index >= 15 is 0 Å².